The maximum Gasteiger partial charge on any atom is 0.338 e. The first-order chi connectivity index (χ1) is 14.0. The molecule has 2 N–H and O–H groups in total. The van der Waals surface area contributed by atoms with E-state index in [1.807, 2.05) is 12.1 Å². The predicted molar refractivity (Wildman–Crippen MR) is 104 cm³/mol. The van der Waals surface area contributed by atoms with E-state index < -0.39 is 24.4 Å². The Labute approximate surface area is 171 Å². The Bertz CT molecular complexity index is 942. The zero-order chi connectivity index (χ0) is 20.6. The lowest BCUT2D eigenvalue weighted by Crippen LogP contribution is -2.45. The topological polar surface area (TPSA) is 103 Å². The van der Waals surface area contributed by atoms with Crippen LogP contribution in [0, 0.1) is 0 Å². The minimum absolute atomic E-state index is 0.0518. The fraction of sp³-hybridized carbons (Fsp3) is 0.150. The van der Waals surface area contributed by atoms with Crippen molar-refractivity contribution in [1.82, 2.24) is 10.9 Å². The van der Waals surface area contributed by atoms with Crippen LogP contribution in [0.2, 0.25) is 5.02 Å². The number of halogens is 1. The first-order valence-electron chi connectivity index (χ1n) is 8.57. The molecule has 29 heavy (non-hydrogen) atoms. The first-order valence-corrected chi connectivity index (χ1v) is 8.94. The van der Waals surface area contributed by atoms with Crippen LogP contribution in [0.1, 0.15) is 5.56 Å². The van der Waals surface area contributed by atoms with Crippen molar-refractivity contribution in [3.05, 3.63) is 64.7 Å². The Morgan fingerprint density at radius 3 is 2.41 bits per heavy atom. The lowest BCUT2D eigenvalue weighted by Gasteiger charge is -2.16. The van der Waals surface area contributed by atoms with Crippen molar-refractivity contribution >= 4 is 35.5 Å². The number of amides is 2. The van der Waals surface area contributed by atoms with Crippen molar-refractivity contribution in [3.8, 4) is 11.5 Å². The van der Waals surface area contributed by atoms with Gasteiger partial charge >= 0.3 is 5.97 Å². The molecule has 0 atom stereocenters. The number of fused-ring (bicyclic) bond motifs is 1. The number of nitrogens with one attached hydrogen (secondary N) is 2. The van der Waals surface area contributed by atoms with Crippen LogP contribution in [0.4, 0.5) is 0 Å². The normalized spacial score (nSPS) is 12.0. The summed E-state index contributed by atoms with van der Waals surface area (Å²) in [4.78, 5) is 35.5. The number of esters is 1. The van der Waals surface area contributed by atoms with E-state index in [1.165, 1.54) is 0 Å². The molecule has 0 bridgehead atoms. The minimum atomic E-state index is -0.698. The molecule has 8 nitrogen and oxygen atoms in total. The van der Waals surface area contributed by atoms with Crippen LogP contribution in [0.15, 0.2) is 54.1 Å². The molecule has 0 saturated heterocycles. The Kier molecular flexibility index (Phi) is 6.70. The van der Waals surface area contributed by atoms with Crippen LogP contribution in [0.25, 0.3) is 6.08 Å². The minimum Gasteiger partial charge on any atom is -0.488 e. The highest BCUT2D eigenvalue weighted by molar-refractivity contribution is 6.30. The van der Waals surface area contributed by atoms with Crippen LogP contribution in [0.5, 0.6) is 11.5 Å². The van der Waals surface area contributed by atoms with E-state index in [4.69, 9.17) is 25.8 Å². The summed E-state index contributed by atoms with van der Waals surface area (Å²) in [5.41, 5.74) is 5.34. The molecule has 2 aromatic rings. The number of carbonyl (C=O) groups is 3. The third-order valence-electron chi connectivity index (χ3n) is 3.75. The van der Waals surface area contributed by atoms with Crippen LogP contribution in [0.3, 0.4) is 0 Å². The van der Waals surface area contributed by atoms with E-state index >= 15 is 0 Å². The van der Waals surface area contributed by atoms with Gasteiger partial charge in [-0.25, -0.2) is 4.79 Å². The first kappa shape index (κ1) is 20.2. The SMILES string of the molecule is O=C(COC(=O)C1=Cc2ccccc2OC1)NNC(=O)COc1ccc(Cl)cc1. The molecule has 0 unspecified atom stereocenters. The molecule has 0 saturated carbocycles. The monoisotopic (exact) mass is 416 g/mol. The van der Waals surface area contributed by atoms with Gasteiger partial charge in [0.05, 0.1) is 5.57 Å². The quantitative estimate of drug-likeness (QED) is 0.550. The summed E-state index contributed by atoms with van der Waals surface area (Å²) in [6, 6.07) is 13.7. The lowest BCUT2D eigenvalue weighted by atomic mass is 10.1. The smallest absolute Gasteiger partial charge is 0.338 e. The molecule has 2 aromatic carbocycles. The van der Waals surface area contributed by atoms with E-state index in [9.17, 15) is 14.4 Å². The predicted octanol–water partition coefficient (Wildman–Crippen LogP) is 1.89. The van der Waals surface area contributed by atoms with Crippen molar-refractivity contribution in [3.63, 3.8) is 0 Å². The second kappa shape index (κ2) is 9.61. The summed E-state index contributed by atoms with van der Waals surface area (Å²) in [7, 11) is 0. The Hall–Kier alpha value is -3.52. The zero-order valence-electron chi connectivity index (χ0n) is 15.1. The van der Waals surface area contributed by atoms with E-state index in [-0.39, 0.29) is 18.8 Å². The maximum absolute atomic E-state index is 12.1. The van der Waals surface area contributed by atoms with Crippen LogP contribution in [-0.2, 0) is 19.1 Å². The molecule has 3 rings (SSSR count). The molecular weight excluding hydrogens is 400 g/mol. The van der Waals surface area contributed by atoms with Crippen molar-refractivity contribution in [1.29, 1.82) is 0 Å². The largest absolute Gasteiger partial charge is 0.488 e. The van der Waals surface area contributed by atoms with Gasteiger partial charge in [-0.1, -0.05) is 29.8 Å². The number of hydrogen-bond acceptors (Lipinski definition) is 6. The zero-order valence-corrected chi connectivity index (χ0v) is 15.9. The van der Waals surface area contributed by atoms with Crippen LogP contribution >= 0.6 is 11.6 Å². The number of benzene rings is 2. The number of hydrazine groups is 1. The van der Waals surface area contributed by atoms with Gasteiger partial charge in [0.1, 0.15) is 18.1 Å². The standard InChI is InChI=1S/C20H17ClN2O6/c21-15-5-7-16(8-6-15)27-11-18(24)22-23-19(25)12-29-20(26)14-9-13-3-1-2-4-17(13)28-10-14/h1-9H,10-12H2,(H,22,24)(H,23,25). The number of hydrogen-bond donors (Lipinski definition) is 2. The molecule has 9 heteroatoms. The summed E-state index contributed by atoms with van der Waals surface area (Å²) in [6.07, 6.45) is 1.65. The van der Waals surface area contributed by atoms with Crippen LogP contribution < -0.4 is 20.3 Å². The molecule has 1 aliphatic rings. The summed E-state index contributed by atoms with van der Waals surface area (Å²) >= 11 is 5.75. The van der Waals surface area contributed by atoms with Gasteiger partial charge in [-0.2, -0.15) is 0 Å². The number of ether oxygens (including phenoxy) is 3. The van der Waals surface area contributed by atoms with E-state index in [2.05, 4.69) is 10.9 Å². The van der Waals surface area contributed by atoms with Gasteiger partial charge in [-0.3, -0.25) is 20.4 Å². The van der Waals surface area contributed by atoms with E-state index in [1.54, 1.807) is 42.5 Å². The van der Waals surface area contributed by atoms with Crippen molar-refractivity contribution in [2.24, 2.45) is 0 Å². The fourth-order valence-electron chi connectivity index (χ4n) is 2.35. The van der Waals surface area contributed by atoms with Gasteiger partial charge < -0.3 is 14.2 Å². The van der Waals surface area contributed by atoms with Crippen molar-refractivity contribution in [2.75, 3.05) is 19.8 Å². The molecule has 1 aliphatic heterocycles. The molecule has 1 heterocycles. The summed E-state index contributed by atoms with van der Waals surface area (Å²) in [5.74, 6) is -0.831. The van der Waals surface area contributed by atoms with Gasteiger partial charge in [0.2, 0.25) is 0 Å². The van der Waals surface area contributed by atoms with Gasteiger partial charge in [0.15, 0.2) is 13.2 Å². The molecular formula is C20H17ClN2O6. The van der Waals surface area contributed by atoms with E-state index in [0.717, 1.165) is 5.56 Å². The number of rotatable bonds is 6. The Morgan fingerprint density at radius 2 is 1.66 bits per heavy atom. The van der Waals surface area contributed by atoms with Gasteiger partial charge in [-0.05, 0) is 36.4 Å². The molecule has 0 aromatic heterocycles. The highest BCUT2D eigenvalue weighted by Gasteiger charge is 2.19. The Morgan fingerprint density at radius 1 is 0.966 bits per heavy atom. The summed E-state index contributed by atoms with van der Waals surface area (Å²) in [6.45, 7) is -0.822. The highest BCUT2D eigenvalue weighted by Crippen LogP contribution is 2.26. The molecule has 0 fully saturated rings. The Balaban J connectivity index is 1.37. The third-order valence-corrected chi connectivity index (χ3v) is 4.01. The summed E-state index contributed by atoms with van der Waals surface area (Å²) in [5, 5.41) is 0.545. The van der Waals surface area contributed by atoms with E-state index in [0.29, 0.717) is 16.5 Å². The number of para-hydroxylation sites is 1. The lowest BCUT2D eigenvalue weighted by molar-refractivity contribution is -0.145. The maximum atomic E-state index is 12.1. The van der Waals surface area contributed by atoms with Crippen molar-refractivity contribution < 1.29 is 28.6 Å². The van der Waals surface area contributed by atoms with Crippen molar-refractivity contribution in [2.45, 2.75) is 0 Å². The fourth-order valence-corrected chi connectivity index (χ4v) is 2.48. The molecule has 0 aliphatic carbocycles. The van der Waals surface area contributed by atoms with Gasteiger partial charge in [-0.15, -0.1) is 0 Å². The molecule has 2 amide bonds. The molecule has 150 valence electrons. The number of carbonyl (C=O) groups excluding carboxylic acids is 3. The summed E-state index contributed by atoms with van der Waals surface area (Å²) < 4.78 is 15.6. The van der Waals surface area contributed by atoms with Crippen LogP contribution in [-0.4, -0.2) is 37.6 Å². The van der Waals surface area contributed by atoms with Gasteiger partial charge in [0.25, 0.3) is 11.8 Å². The average Bonchev–Trinajstić information content (AvgIpc) is 2.75. The second-order valence-corrected chi connectivity index (χ2v) is 6.35. The second-order valence-electron chi connectivity index (χ2n) is 5.91. The highest BCUT2D eigenvalue weighted by atomic mass is 35.5. The molecule has 0 radical (unpaired) electrons. The average molecular weight is 417 g/mol. The molecule has 0 spiro atoms. The third kappa shape index (κ3) is 5.98. The van der Waals surface area contributed by atoms with Gasteiger partial charge in [0, 0.05) is 10.6 Å².